The summed E-state index contributed by atoms with van der Waals surface area (Å²) in [5, 5.41) is 25.7. The zero-order valence-electron chi connectivity index (χ0n) is 16.5. The average molecular weight is 407 g/mol. The van der Waals surface area contributed by atoms with Crippen LogP contribution in [0.5, 0.6) is 0 Å². The summed E-state index contributed by atoms with van der Waals surface area (Å²) in [6.07, 6.45) is 8.32. The molecule has 0 bridgehead atoms. The van der Waals surface area contributed by atoms with Crippen LogP contribution in [0, 0.1) is 10.1 Å². The predicted molar refractivity (Wildman–Crippen MR) is 107 cm³/mol. The topological polar surface area (TPSA) is 124 Å². The van der Waals surface area contributed by atoms with Crippen molar-refractivity contribution in [3.8, 4) is 0 Å². The van der Waals surface area contributed by atoms with E-state index in [9.17, 15) is 10.1 Å². The quantitative estimate of drug-likeness (QED) is 0.338. The van der Waals surface area contributed by atoms with Crippen LogP contribution in [0.3, 0.4) is 0 Å². The van der Waals surface area contributed by atoms with E-state index in [2.05, 4.69) is 9.80 Å². The fourth-order valence-electron chi connectivity index (χ4n) is 3.94. The third kappa shape index (κ3) is 7.78. The van der Waals surface area contributed by atoms with Crippen LogP contribution in [0.4, 0.5) is 5.69 Å². The highest BCUT2D eigenvalue weighted by molar-refractivity contribution is 6.27. The average Bonchev–Trinajstić information content (AvgIpc) is 2.99. The van der Waals surface area contributed by atoms with Crippen molar-refractivity contribution in [1.82, 2.24) is 9.80 Å². The summed E-state index contributed by atoms with van der Waals surface area (Å²) in [5.41, 5.74) is 1.24. The lowest BCUT2D eigenvalue weighted by molar-refractivity contribution is -0.384. The van der Waals surface area contributed by atoms with E-state index in [1.165, 1.54) is 38.5 Å². The van der Waals surface area contributed by atoms with Gasteiger partial charge in [-0.25, -0.2) is 9.59 Å². The van der Waals surface area contributed by atoms with Gasteiger partial charge in [0.25, 0.3) is 5.69 Å². The van der Waals surface area contributed by atoms with E-state index in [1.807, 2.05) is 6.07 Å². The molecule has 2 aliphatic rings. The van der Waals surface area contributed by atoms with Gasteiger partial charge in [0.2, 0.25) is 0 Å². The third-order valence-corrected chi connectivity index (χ3v) is 5.46. The Morgan fingerprint density at radius 2 is 1.59 bits per heavy atom. The fraction of sp³-hybridized carbons (Fsp3) is 0.600. The standard InChI is InChI=1S/C18H27N3O2.C2H2O4/c22-21(23)18-9-5-6-16(14-18)15-19-10-12-20(13-11-19)17-7-3-1-2-4-8-17;3-1(4)2(5)6/h5-6,9,14,17H,1-4,7-8,10-13,15H2;(H,3,4)(H,5,6). The largest absolute Gasteiger partial charge is 0.473 e. The number of hydrogen-bond donors (Lipinski definition) is 2. The molecule has 1 aliphatic heterocycles. The number of hydrogen-bond acceptors (Lipinski definition) is 6. The highest BCUT2D eigenvalue weighted by Crippen LogP contribution is 2.23. The molecule has 0 aromatic heterocycles. The van der Waals surface area contributed by atoms with E-state index < -0.39 is 11.9 Å². The molecule has 3 rings (SSSR count). The molecule has 0 amide bonds. The summed E-state index contributed by atoms with van der Waals surface area (Å²) in [5.74, 6) is -3.65. The SMILES string of the molecule is O=C(O)C(=O)O.O=[N+]([O-])c1cccc(CN2CCN(C3CCCCCC3)CC2)c1. The molecule has 1 saturated carbocycles. The van der Waals surface area contributed by atoms with Gasteiger partial charge in [0.1, 0.15) is 0 Å². The molecular formula is C20H29N3O6. The smallest absolute Gasteiger partial charge is 0.414 e. The molecule has 9 heteroatoms. The highest BCUT2D eigenvalue weighted by atomic mass is 16.6. The second-order valence-corrected chi connectivity index (χ2v) is 7.49. The number of nitro benzene ring substituents is 1. The second-order valence-electron chi connectivity index (χ2n) is 7.49. The van der Waals surface area contributed by atoms with Crippen molar-refractivity contribution in [3.05, 3.63) is 39.9 Å². The minimum absolute atomic E-state index is 0.194. The maximum atomic E-state index is 10.9. The maximum absolute atomic E-state index is 10.9. The summed E-state index contributed by atoms with van der Waals surface area (Å²) in [7, 11) is 0. The number of non-ortho nitro benzene ring substituents is 1. The van der Waals surface area contributed by atoms with Crippen LogP contribution >= 0.6 is 0 Å². The summed E-state index contributed by atoms with van der Waals surface area (Å²) in [4.78, 5) is 33.9. The molecule has 2 fully saturated rings. The summed E-state index contributed by atoms with van der Waals surface area (Å²) < 4.78 is 0. The number of carboxylic acids is 2. The van der Waals surface area contributed by atoms with Crippen LogP contribution in [0.25, 0.3) is 0 Å². The van der Waals surface area contributed by atoms with Crippen molar-refractivity contribution in [2.24, 2.45) is 0 Å². The van der Waals surface area contributed by atoms with Crippen LogP contribution in [0.15, 0.2) is 24.3 Å². The first-order valence-electron chi connectivity index (χ1n) is 10.0. The minimum atomic E-state index is -1.82. The first-order chi connectivity index (χ1) is 13.9. The molecule has 1 saturated heterocycles. The Bertz CT molecular complexity index is 683. The number of carboxylic acid groups (broad SMARTS) is 2. The molecule has 160 valence electrons. The molecule has 1 aromatic rings. The minimum Gasteiger partial charge on any atom is -0.473 e. The van der Waals surface area contributed by atoms with Gasteiger partial charge in [-0.2, -0.15) is 0 Å². The third-order valence-electron chi connectivity index (χ3n) is 5.46. The van der Waals surface area contributed by atoms with Gasteiger partial charge in [0.05, 0.1) is 4.92 Å². The van der Waals surface area contributed by atoms with E-state index >= 15 is 0 Å². The summed E-state index contributed by atoms with van der Waals surface area (Å²) >= 11 is 0. The van der Waals surface area contributed by atoms with Crippen molar-refractivity contribution < 1.29 is 24.7 Å². The van der Waals surface area contributed by atoms with Crippen molar-refractivity contribution in [2.75, 3.05) is 26.2 Å². The van der Waals surface area contributed by atoms with Gasteiger partial charge in [-0.05, 0) is 18.4 Å². The Labute approximate surface area is 170 Å². The number of aliphatic carboxylic acids is 2. The van der Waals surface area contributed by atoms with Crippen LogP contribution < -0.4 is 0 Å². The lowest BCUT2D eigenvalue weighted by Crippen LogP contribution is -2.49. The first kappa shape index (κ1) is 22.8. The van der Waals surface area contributed by atoms with Gasteiger partial charge in [0.15, 0.2) is 0 Å². The normalized spacial score (nSPS) is 18.9. The molecule has 0 radical (unpaired) electrons. The zero-order valence-corrected chi connectivity index (χ0v) is 16.5. The van der Waals surface area contributed by atoms with Gasteiger partial charge in [-0.1, -0.05) is 37.8 Å². The molecule has 0 spiro atoms. The lowest BCUT2D eigenvalue weighted by Gasteiger charge is -2.39. The fourth-order valence-corrected chi connectivity index (χ4v) is 3.94. The number of nitrogens with zero attached hydrogens (tertiary/aromatic N) is 3. The molecule has 2 N–H and O–H groups in total. The van der Waals surface area contributed by atoms with Gasteiger partial charge >= 0.3 is 11.9 Å². The van der Waals surface area contributed by atoms with Gasteiger partial charge in [-0.3, -0.25) is 19.9 Å². The van der Waals surface area contributed by atoms with Crippen LogP contribution in [0.1, 0.15) is 44.1 Å². The second kappa shape index (κ2) is 11.5. The number of carbonyl (C=O) groups is 2. The Kier molecular flexibility index (Phi) is 9.01. The van der Waals surface area contributed by atoms with Gasteiger partial charge in [0, 0.05) is 50.9 Å². The Morgan fingerprint density at radius 1 is 1.00 bits per heavy atom. The van der Waals surface area contributed by atoms with Crippen molar-refractivity contribution in [3.63, 3.8) is 0 Å². The van der Waals surface area contributed by atoms with E-state index in [-0.39, 0.29) is 10.6 Å². The molecule has 1 aliphatic carbocycles. The lowest BCUT2D eigenvalue weighted by atomic mass is 10.1. The Morgan fingerprint density at radius 3 is 2.10 bits per heavy atom. The molecule has 29 heavy (non-hydrogen) atoms. The number of rotatable bonds is 4. The van der Waals surface area contributed by atoms with E-state index in [0.29, 0.717) is 0 Å². The molecule has 1 heterocycles. The number of nitro groups is 1. The van der Waals surface area contributed by atoms with E-state index in [1.54, 1.807) is 18.2 Å². The highest BCUT2D eigenvalue weighted by Gasteiger charge is 2.24. The van der Waals surface area contributed by atoms with E-state index in [4.69, 9.17) is 19.8 Å². The molecule has 1 aromatic carbocycles. The first-order valence-corrected chi connectivity index (χ1v) is 10.0. The van der Waals surface area contributed by atoms with Crippen molar-refractivity contribution >= 4 is 17.6 Å². The Hall–Kier alpha value is -2.52. The van der Waals surface area contributed by atoms with Gasteiger partial charge in [-0.15, -0.1) is 0 Å². The monoisotopic (exact) mass is 407 g/mol. The Balaban J connectivity index is 0.000000438. The summed E-state index contributed by atoms with van der Waals surface area (Å²) in [6, 6.07) is 7.84. The number of piperazine rings is 1. The molecule has 0 atom stereocenters. The van der Waals surface area contributed by atoms with Crippen LogP contribution in [-0.4, -0.2) is 69.1 Å². The van der Waals surface area contributed by atoms with E-state index in [0.717, 1.165) is 44.3 Å². The molecule has 0 unspecified atom stereocenters. The van der Waals surface area contributed by atoms with Crippen LogP contribution in [-0.2, 0) is 16.1 Å². The molecule has 9 nitrogen and oxygen atoms in total. The zero-order chi connectivity index (χ0) is 21.2. The maximum Gasteiger partial charge on any atom is 0.414 e. The summed E-state index contributed by atoms with van der Waals surface area (Å²) in [6.45, 7) is 5.23. The van der Waals surface area contributed by atoms with Crippen LogP contribution in [0.2, 0.25) is 0 Å². The number of benzene rings is 1. The van der Waals surface area contributed by atoms with Gasteiger partial charge < -0.3 is 10.2 Å². The predicted octanol–water partition coefficient (Wildman–Crippen LogP) is 2.59. The molecular weight excluding hydrogens is 378 g/mol. The van der Waals surface area contributed by atoms with Crippen molar-refractivity contribution in [2.45, 2.75) is 51.1 Å². The van der Waals surface area contributed by atoms with Crippen molar-refractivity contribution in [1.29, 1.82) is 0 Å².